The molecule has 0 aliphatic heterocycles. The third kappa shape index (κ3) is 4.88. The molecule has 1 aromatic rings. The number of carbonyl (C=O) groups excluding carboxylic acids is 1. The predicted octanol–water partition coefficient (Wildman–Crippen LogP) is 1.25. The lowest BCUT2D eigenvalue weighted by atomic mass is 10.3. The number of carbonyl (C=O) groups is 1. The van der Waals surface area contributed by atoms with Crippen LogP contribution in [0.4, 0.5) is 0 Å². The Morgan fingerprint density at radius 3 is 3.11 bits per heavy atom. The van der Waals surface area contributed by atoms with Gasteiger partial charge < -0.3 is 15.2 Å². The van der Waals surface area contributed by atoms with Gasteiger partial charge in [-0.25, -0.2) is 0 Å². The van der Waals surface area contributed by atoms with Gasteiger partial charge in [-0.2, -0.15) is 0 Å². The number of nitrogens with one attached hydrogen (secondary N) is 1. The molecule has 0 radical (unpaired) electrons. The number of amides is 1. The summed E-state index contributed by atoms with van der Waals surface area (Å²) in [6.07, 6.45) is 0.00577. The molecule has 4 nitrogen and oxygen atoms in total. The highest BCUT2D eigenvalue weighted by molar-refractivity contribution is 7.10. The summed E-state index contributed by atoms with van der Waals surface area (Å²) in [4.78, 5) is 12.6. The Bertz CT molecular complexity index is 445. The molecule has 1 atom stereocenters. The van der Waals surface area contributed by atoms with Gasteiger partial charge >= 0.3 is 0 Å². The van der Waals surface area contributed by atoms with Gasteiger partial charge in [0.25, 0.3) is 5.91 Å². The van der Waals surface area contributed by atoms with Crippen LogP contribution in [0.15, 0.2) is 11.4 Å². The minimum atomic E-state index is -0.175. The van der Waals surface area contributed by atoms with Crippen LogP contribution in [0.25, 0.3) is 0 Å². The van der Waals surface area contributed by atoms with Crippen LogP contribution in [-0.4, -0.2) is 36.9 Å². The zero-order valence-corrected chi connectivity index (χ0v) is 11.3. The zero-order valence-electron chi connectivity index (χ0n) is 10.5. The molecule has 0 saturated heterocycles. The Morgan fingerprint density at radius 2 is 2.44 bits per heavy atom. The van der Waals surface area contributed by atoms with Gasteiger partial charge in [0, 0.05) is 18.5 Å². The van der Waals surface area contributed by atoms with E-state index < -0.39 is 0 Å². The number of rotatable bonds is 5. The van der Waals surface area contributed by atoms with Crippen molar-refractivity contribution in [3.8, 4) is 11.8 Å². The molecular weight excluding hydrogens is 250 g/mol. The van der Waals surface area contributed by atoms with Crippen molar-refractivity contribution in [3.05, 3.63) is 21.9 Å². The molecule has 0 saturated carbocycles. The molecule has 18 heavy (non-hydrogen) atoms. The first-order chi connectivity index (χ1) is 8.67. The van der Waals surface area contributed by atoms with E-state index in [0.29, 0.717) is 18.7 Å². The van der Waals surface area contributed by atoms with Crippen LogP contribution in [0, 0.1) is 11.8 Å². The van der Waals surface area contributed by atoms with Crippen molar-refractivity contribution in [2.45, 2.75) is 20.0 Å². The lowest BCUT2D eigenvalue weighted by Gasteiger charge is -2.11. The highest BCUT2D eigenvalue weighted by Gasteiger charge is 2.09. The van der Waals surface area contributed by atoms with Crippen LogP contribution in [0.2, 0.25) is 0 Å². The van der Waals surface area contributed by atoms with Crippen molar-refractivity contribution >= 4 is 17.2 Å². The van der Waals surface area contributed by atoms with E-state index in [0.717, 1.165) is 4.88 Å². The summed E-state index contributed by atoms with van der Waals surface area (Å²) >= 11 is 1.39. The fourth-order valence-corrected chi connectivity index (χ4v) is 2.08. The molecule has 0 aliphatic rings. The van der Waals surface area contributed by atoms with Crippen molar-refractivity contribution in [2.75, 3.05) is 19.8 Å². The van der Waals surface area contributed by atoms with E-state index in [4.69, 9.17) is 9.84 Å². The first kappa shape index (κ1) is 14.7. The zero-order chi connectivity index (χ0) is 13.4. The van der Waals surface area contributed by atoms with Crippen molar-refractivity contribution in [1.82, 2.24) is 5.32 Å². The molecule has 0 aromatic carbocycles. The Labute approximate surface area is 111 Å². The lowest BCUT2D eigenvalue weighted by Crippen LogP contribution is -2.31. The van der Waals surface area contributed by atoms with Crippen LogP contribution in [0.5, 0.6) is 0 Å². The van der Waals surface area contributed by atoms with Crippen LogP contribution < -0.4 is 5.32 Å². The van der Waals surface area contributed by atoms with Crippen molar-refractivity contribution in [1.29, 1.82) is 0 Å². The molecule has 1 unspecified atom stereocenters. The molecule has 1 aromatic heterocycles. The van der Waals surface area contributed by atoms with Crippen LogP contribution >= 0.6 is 11.3 Å². The Kier molecular flexibility index (Phi) is 6.44. The summed E-state index contributed by atoms with van der Waals surface area (Å²) in [6.45, 7) is 4.78. The third-order valence-electron chi connectivity index (χ3n) is 2.15. The lowest BCUT2D eigenvalue weighted by molar-refractivity contribution is 0.0695. The van der Waals surface area contributed by atoms with Gasteiger partial charge in [0.05, 0.1) is 16.5 Å². The quantitative estimate of drug-likeness (QED) is 0.789. The normalized spacial score (nSPS) is 11.5. The fourth-order valence-electron chi connectivity index (χ4n) is 1.33. The van der Waals surface area contributed by atoms with E-state index >= 15 is 0 Å². The third-order valence-corrected chi connectivity index (χ3v) is 3.00. The summed E-state index contributed by atoms with van der Waals surface area (Å²) < 4.78 is 5.32. The Hall–Kier alpha value is -1.35. The number of aliphatic hydroxyl groups excluding tert-OH is 1. The van der Waals surface area contributed by atoms with Gasteiger partial charge in [-0.3, -0.25) is 4.79 Å². The smallest absolute Gasteiger partial charge is 0.252 e. The molecule has 0 spiro atoms. The number of hydrogen-bond donors (Lipinski definition) is 2. The molecular formula is C13H17NO3S. The van der Waals surface area contributed by atoms with Gasteiger partial charge in [0.2, 0.25) is 0 Å². The molecule has 98 valence electrons. The first-order valence-electron chi connectivity index (χ1n) is 5.75. The Balaban J connectivity index is 2.49. The highest BCUT2D eigenvalue weighted by atomic mass is 32.1. The van der Waals surface area contributed by atoms with Crippen molar-refractivity contribution in [3.63, 3.8) is 0 Å². The van der Waals surface area contributed by atoms with Crippen molar-refractivity contribution in [2.24, 2.45) is 0 Å². The number of hydrogen-bond acceptors (Lipinski definition) is 4. The maximum Gasteiger partial charge on any atom is 0.252 e. The second-order valence-electron chi connectivity index (χ2n) is 3.64. The van der Waals surface area contributed by atoms with E-state index in [-0.39, 0.29) is 18.6 Å². The van der Waals surface area contributed by atoms with E-state index in [2.05, 4.69) is 17.2 Å². The van der Waals surface area contributed by atoms with Crippen molar-refractivity contribution < 1.29 is 14.6 Å². The molecule has 1 amide bonds. The molecule has 0 fully saturated rings. The maximum atomic E-state index is 11.8. The van der Waals surface area contributed by atoms with Crippen LogP contribution in [-0.2, 0) is 4.74 Å². The average Bonchev–Trinajstić information content (AvgIpc) is 2.82. The standard InChI is InChI=1S/C13H17NO3S/c1-3-17-10(2)8-14-13(16)11-7-12(18-9-11)5-4-6-15/h7,9-10,15H,3,6,8H2,1-2H3,(H,14,16). The monoisotopic (exact) mass is 267 g/mol. The second kappa shape index (κ2) is 7.88. The summed E-state index contributed by atoms with van der Waals surface area (Å²) in [5.74, 6) is 5.19. The predicted molar refractivity (Wildman–Crippen MR) is 71.7 cm³/mol. The summed E-state index contributed by atoms with van der Waals surface area (Å²) in [7, 11) is 0. The topological polar surface area (TPSA) is 58.6 Å². The highest BCUT2D eigenvalue weighted by Crippen LogP contribution is 2.13. The maximum absolute atomic E-state index is 11.8. The molecule has 5 heteroatoms. The molecule has 0 bridgehead atoms. The molecule has 1 rings (SSSR count). The summed E-state index contributed by atoms with van der Waals surface area (Å²) in [5, 5.41) is 13.1. The van der Waals surface area contributed by atoms with Gasteiger partial charge in [0.15, 0.2) is 0 Å². The van der Waals surface area contributed by atoms with E-state index in [1.54, 1.807) is 11.4 Å². The van der Waals surface area contributed by atoms with Crippen LogP contribution in [0.3, 0.4) is 0 Å². The van der Waals surface area contributed by atoms with Gasteiger partial charge in [-0.15, -0.1) is 11.3 Å². The molecule has 2 N–H and O–H groups in total. The van der Waals surface area contributed by atoms with E-state index in [1.807, 2.05) is 13.8 Å². The fraction of sp³-hybridized carbons (Fsp3) is 0.462. The minimum absolute atomic E-state index is 0.00577. The molecule has 0 aliphatic carbocycles. The van der Waals surface area contributed by atoms with Crippen LogP contribution in [0.1, 0.15) is 29.1 Å². The second-order valence-corrected chi connectivity index (χ2v) is 4.55. The van der Waals surface area contributed by atoms with E-state index in [1.165, 1.54) is 11.3 Å². The summed E-state index contributed by atoms with van der Waals surface area (Å²) in [6, 6.07) is 1.72. The molecule has 1 heterocycles. The van der Waals surface area contributed by atoms with Gasteiger partial charge in [-0.1, -0.05) is 11.8 Å². The largest absolute Gasteiger partial charge is 0.384 e. The number of aliphatic hydroxyl groups is 1. The van der Waals surface area contributed by atoms with Gasteiger partial charge in [-0.05, 0) is 19.9 Å². The summed E-state index contributed by atoms with van der Waals surface area (Å²) in [5.41, 5.74) is 0.589. The van der Waals surface area contributed by atoms with E-state index in [9.17, 15) is 4.79 Å². The number of thiophene rings is 1. The Morgan fingerprint density at radius 1 is 1.67 bits per heavy atom. The first-order valence-corrected chi connectivity index (χ1v) is 6.63. The SMILES string of the molecule is CCOC(C)CNC(=O)c1csc(C#CCO)c1. The number of ether oxygens (including phenoxy) is 1. The minimum Gasteiger partial charge on any atom is -0.384 e. The average molecular weight is 267 g/mol. The van der Waals surface area contributed by atoms with Gasteiger partial charge in [0.1, 0.15) is 6.61 Å².